The number of hydrogen-bond donors (Lipinski definition) is 1. The van der Waals surface area contributed by atoms with Crippen molar-refractivity contribution >= 4 is 30.8 Å². The number of rotatable bonds is 4. The molecule has 0 spiro atoms. The first-order chi connectivity index (χ1) is 16.3. The molecule has 1 aliphatic heterocycles. The molecule has 1 saturated heterocycles. The number of ether oxygens (including phenoxy) is 1. The van der Waals surface area contributed by atoms with Gasteiger partial charge in [0.05, 0.1) is 18.7 Å². The molecule has 1 aliphatic rings. The number of benzene rings is 2. The minimum Gasteiger partial charge on any atom is -0.472 e. The number of nitrogens with zero attached hydrogens (tertiary/aromatic N) is 1. The summed E-state index contributed by atoms with van der Waals surface area (Å²) in [7, 11) is -2.84. The third-order valence-electron chi connectivity index (χ3n) is 6.00. The Morgan fingerprint density at radius 2 is 1.46 bits per heavy atom. The highest BCUT2D eigenvalue weighted by molar-refractivity contribution is 6.99. The van der Waals surface area contributed by atoms with E-state index in [1.165, 1.54) is 4.90 Å². The largest absolute Gasteiger partial charge is 0.472 e. The number of amides is 1. The molecule has 2 aromatic carbocycles. The fraction of sp³-hybridized carbons (Fsp3) is 0.429. The van der Waals surface area contributed by atoms with Gasteiger partial charge in [0.25, 0.3) is 8.32 Å². The molecule has 186 valence electrons. The van der Waals surface area contributed by atoms with Crippen LogP contribution in [0.3, 0.4) is 0 Å². The zero-order chi connectivity index (χ0) is 25.9. The van der Waals surface area contributed by atoms with Gasteiger partial charge in [-0.3, -0.25) is 4.90 Å². The second kappa shape index (κ2) is 10.3. The number of carbonyl (C=O) groups is 2. The number of carboxylic acids is 1. The Morgan fingerprint density at radius 1 is 0.943 bits per heavy atom. The minimum absolute atomic E-state index is 0.225. The third kappa shape index (κ3) is 6.13. The van der Waals surface area contributed by atoms with Crippen LogP contribution in [0.4, 0.5) is 4.79 Å². The Bertz CT molecular complexity index is 1050. The molecule has 0 unspecified atom stereocenters. The second-order valence-corrected chi connectivity index (χ2v) is 15.1. The van der Waals surface area contributed by atoms with E-state index < -0.39 is 32.0 Å². The van der Waals surface area contributed by atoms with Gasteiger partial charge in [-0.2, -0.15) is 0 Å². The lowest BCUT2D eigenvalue weighted by atomic mass is 10.2. The van der Waals surface area contributed by atoms with E-state index in [0.717, 1.165) is 10.4 Å². The van der Waals surface area contributed by atoms with Gasteiger partial charge < -0.3 is 14.3 Å². The van der Waals surface area contributed by atoms with E-state index in [2.05, 4.69) is 56.9 Å². The van der Waals surface area contributed by atoms with Crippen LogP contribution in [0.2, 0.25) is 5.04 Å². The van der Waals surface area contributed by atoms with E-state index in [1.807, 2.05) is 36.4 Å². The molecule has 35 heavy (non-hydrogen) atoms. The molecule has 0 saturated carbocycles. The SMILES string of the molecule is CC(C)(C)OC(=O)N1C[C@@H](O[Si](c2ccccc2)(c2ccccc2)C(C)(C)C)C[C@@H]1C#CC(=O)O. The zero-order valence-corrected chi connectivity index (χ0v) is 22.4. The van der Waals surface area contributed by atoms with Crippen molar-refractivity contribution in [3.8, 4) is 11.8 Å². The molecule has 2 atom stereocenters. The Labute approximate surface area is 209 Å². The highest BCUT2D eigenvalue weighted by atomic mass is 28.4. The monoisotopic (exact) mass is 493 g/mol. The van der Waals surface area contributed by atoms with Gasteiger partial charge in [0, 0.05) is 12.3 Å². The van der Waals surface area contributed by atoms with Crippen LogP contribution in [-0.4, -0.2) is 54.7 Å². The van der Waals surface area contributed by atoms with E-state index in [-0.39, 0.29) is 17.7 Å². The highest BCUT2D eigenvalue weighted by Gasteiger charge is 2.53. The van der Waals surface area contributed by atoms with Gasteiger partial charge in [-0.15, -0.1) is 0 Å². The van der Waals surface area contributed by atoms with Crippen LogP contribution in [0.25, 0.3) is 0 Å². The maximum atomic E-state index is 13.0. The lowest BCUT2D eigenvalue weighted by Gasteiger charge is -2.44. The van der Waals surface area contributed by atoms with Crippen LogP contribution in [0.1, 0.15) is 48.0 Å². The lowest BCUT2D eigenvalue weighted by Crippen LogP contribution is -2.67. The van der Waals surface area contributed by atoms with Crippen LogP contribution in [0.15, 0.2) is 60.7 Å². The smallest absolute Gasteiger partial charge is 0.411 e. The fourth-order valence-corrected chi connectivity index (χ4v) is 9.31. The number of carbonyl (C=O) groups excluding carboxylic acids is 1. The quantitative estimate of drug-likeness (QED) is 0.514. The van der Waals surface area contributed by atoms with Crippen LogP contribution >= 0.6 is 0 Å². The van der Waals surface area contributed by atoms with Gasteiger partial charge in [0.2, 0.25) is 0 Å². The molecular weight excluding hydrogens is 458 g/mol. The average molecular weight is 494 g/mol. The van der Waals surface area contributed by atoms with Crippen molar-refractivity contribution < 1.29 is 23.9 Å². The molecule has 2 aromatic rings. The summed E-state index contributed by atoms with van der Waals surface area (Å²) >= 11 is 0. The summed E-state index contributed by atoms with van der Waals surface area (Å²) in [6.45, 7) is 12.3. The number of likely N-dealkylation sites (tertiary alicyclic amines) is 1. The molecule has 0 aliphatic carbocycles. The molecule has 6 nitrogen and oxygen atoms in total. The summed E-state index contributed by atoms with van der Waals surface area (Å²) in [5.74, 6) is 3.70. The predicted octanol–water partition coefficient (Wildman–Crippen LogP) is 4.03. The molecule has 3 rings (SSSR count). The Hall–Kier alpha value is -3.08. The topological polar surface area (TPSA) is 76.1 Å². The molecule has 1 amide bonds. The highest BCUT2D eigenvalue weighted by Crippen LogP contribution is 2.39. The molecule has 0 bridgehead atoms. The lowest BCUT2D eigenvalue weighted by molar-refractivity contribution is -0.130. The Kier molecular flexibility index (Phi) is 7.78. The van der Waals surface area contributed by atoms with E-state index in [0.29, 0.717) is 6.42 Å². The average Bonchev–Trinajstić information content (AvgIpc) is 3.18. The third-order valence-corrected chi connectivity index (χ3v) is 11.1. The van der Waals surface area contributed by atoms with E-state index in [9.17, 15) is 9.59 Å². The number of carboxylic acid groups (broad SMARTS) is 1. The summed E-state index contributed by atoms with van der Waals surface area (Å²) in [5.41, 5.74) is -0.682. The van der Waals surface area contributed by atoms with E-state index in [1.54, 1.807) is 20.8 Å². The summed E-state index contributed by atoms with van der Waals surface area (Å²) in [4.78, 5) is 25.7. The minimum atomic E-state index is -2.84. The fourth-order valence-electron chi connectivity index (χ4n) is 4.63. The molecule has 0 aromatic heterocycles. The van der Waals surface area contributed by atoms with Crippen LogP contribution in [0.5, 0.6) is 0 Å². The van der Waals surface area contributed by atoms with Gasteiger partial charge >= 0.3 is 12.1 Å². The molecule has 1 fully saturated rings. The number of aliphatic carboxylic acids is 1. The first kappa shape index (κ1) is 26.5. The molecular formula is C28H35NO5Si. The van der Waals surface area contributed by atoms with Gasteiger partial charge in [0.15, 0.2) is 0 Å². The van der Waals surface area contributed by atoms with Crippen molar-refractivity contribution in [2.75, 3.05) is 6.54 Å². The molecule has 1 heterocycles. The maximum absolute atomic E-state index is 13.0. The van der Waals surface area contributed by atoms with Crippen molar-refractivity contribution in [1.29, 1.82) is 0 Å². The van der Waals surface area contributed by atoms with E-state index >= 15 is 0 Å². The Balaban J connectivity index is 2.05. The van der Waals surface area contributed by atoms with Crippen molar-refractivity contribution in [2.45, 2.75) is 70.7 Å². The van der Waals surface area contributed by atoms with Crippen LogP contribution < -0.4 is 10.4 Å². The standard InChI is InChI=1S/C28H35NO5Si/c1-27(2,3)33-26(32)29-20-22(19-21(29)17-18-25(30)31)34-35(28(4,5)6,23-13-9-7-10-14-23)24-15-11-8-12-16-24/h7-16,21-22H,19-20H2,1-6H3,(H,30,31)/t21-,22-/m0/s1. The Morgan fingerprint density at radius 3 is 1.89 bits per heavy atom. The van der Waals surface area contributed by atoms with Crippen LogP contribution in [0, 0.1) is 11.8 Å². The molecule has 1 N–H and O–H groups in total. The molecule has 0 radical (unpaired) electrons. The summed E-state index contributed by atoms with van der Waals surface area (Å²) in [5, 5.41) is 11.2. The van der Waals surface area contributed by atoms with Gasteiger partial charge in [-0.1, -0.05) is 87.4 Å². The molecule has 7 heteroatoms. The first-order valence-electron chi connectivity index (χ1n) is 11.9. The van der Waals surface area contributed by atoms with Crippen molar-refractivity contribution in [3.63, 3.8) is 0 Å². The van der Waals surface area contributed by atoms with Crippen LogP contribution in [-0.2, 0) is 14.0 Å². The predicted molar refractivity (Wildman–Crippen MR) is 139 cm³/mol. The van der Waals surface area contributed by atoms with Gasteiger partial charge in [0.1, 0.15) is 5.60 Å². The van der Waals surface area contributed by atoms with Crippen molar-refractivity contribution in [1.82, 2.24) is 4.90 Å². The summed E-state index contributed by atoms with van der Waals surface area (Å²) < 4.78 is 12.8. The normalized spacial score (nSPS) is 18.5. The summed E-state index contributed by atoms with van der Waals surface area (Å²) in [6, 6.07) is 20.0. The van der Waals surface area contributed by atoms with Crippen molar-refractivity contribution in [2.24, 2.45) is 0 Å². The first-order valence-corrected chi connectivity index (χ1v) is 13.8. The van der Waals surface area contributed by atoms with E-state index in [4.69, 9.17) is 14.3 Å². The number of hydrogen-bond acceptors (Lipinski definition) is 4. The second-order valence-electron chi connectivity index (χ2n) is 10.9. The van der Waals surface area contributed by atoms with Gasteiger partial charge in [-0.25, -0.2) is 9.59 Å². The van der Waals surface area contributed by atoms with Crippen molar-refractivity contribution in [3.05, 3.63) is 60.7 Å². The summed E-state index contributed by atoms with van der Waals surface area (Å²) in [6.07, 6.45) is -0.443. The zero-order valence-electron chi connectivity index (χ0n) is 21.4. The maximum Gasteiger partial charge on any atom is 0.411 e. The van der Waals surface area contributed by atoms with Gasteiger partial charge in [-0.05, 0) is 36.2 Å².